The first-order valence-electron chi connectivity index (χ1n) is 5.45. The number of esters is 1. The second-order valence-corrected chi connectivity index (χ2v) is 3.89. The first-order chi connectivity index (χ1) is 8.47. The molecule has 0 fully saturated rings. The lowest BCUT2D eigenvalue weighted by molar-refractivity contribution is -0.150. The average Bonchev–Trinajstić information content (AvgIpc) is 2.38. The molecule has 0 bridgehead atoms. The van der Waals surface area contributed by atoms with Gasteiger partial charge in [-0.05, 0) is 25.5 Å². The molecule has 0 aliphatic carbocycles. The minimum absolute atomic E-state index is 0.405. The largest absolute Gasteiger partial charge is 0.496 e. The van der Waals surface area contributed by atoms with Crippen molar-refractivity contribution >= 4 is 5.97 Å². The van der Waals surface area contributed by atoms with Crippen LogP contribution in [0.3, 0.4) is 0 Å². The molecule has 1 rings (SSSR count). The van der Waals surface area contributed by atoms with Crippen LogP contribution in [-0.4, -0.2) is 32.4 Å². The van der Waals surface area contributed by atoms with Gasteiger partial charge in [0.25, 0.3) is 0 Å². The third kappa shape index (κ3) is 2.41. The van der Waals surface area contributed by atoms with E-state index in [9.17, 15) is 9.90 Å². The van der Waals surface area contributed by atoms with E-state index >= 15 is 0 Å². The molecule has 0 aliphatic rings. The van der Waals surface area contributed by atoms with Crippen molar-refractivity contribution in [1.82, 2.24) is 0 Å². The van der Waals surface area contributed by atoms with Gasteiger partial charge in [0.2, 0.25) is 0 Å². The minimum Gasteiger partial charge on any atom is -0.496 e. The summed E-state index contributed by atoms with van der Waals surface area (Å²) >= 11 is 0. The number of carbonyl (C=O) groups is 1. The molecule has 0 saturated carbocycles. The fourth-order valence-electron chi connectivity index (χ4n) is 1.92. The summed E-state index contributed by atoms with van der Waals surface area (Å²) in [4.78, 5) is 11.4. The van der Waals surface area contributed by atoms with E-state index in [1.807, 2.05) is 0 Å². The second kappa shape index (κ2) is 5.73. The van der Waals surface area contributed by atoms with Gasteiger partial charge in [-0.1, -0.05) is 0 Å². The van der Waals surface area contributed by atoms with Gasteiger partial charge in [-0.2, -0.15) is 0 Å². The molecule has 1 aromatic carbocycles. The Morgan fingerprint density at radius 1 is 1.22 bits per heavy atom. The number of hydrogen-bond donors (Lipinski definition) is 1. The molecule has 1 unspecified atom stereocenters. The van der Waals surface area contributed by atoms with Crippen LogP contribution in [0, 0.1) is 13.8 Å². The van der Waals surface area contributed by atoms with Gasteiger partial charge in [-0.15, -0.1) is 0 Å². The van der Waals surface area contributed by atoms with Crippen LogP contribution in [0.4, 0.5) is 0 Å². The van der Waals surface area contributed by atoms with E-state index in [0.29, 0.717) is 22.6 Å². The zero-order valence-corrected chi connectivity index (χ0v) is 11.2. The van der Waals surface area contributed by atoms with E-state index in [-0.39, 0.29) is 0 Å². The zero-order valence-electron chi connectivity index (χ0n) is 11.2. The van der Waals surface area contributed by atoms with E-state index in [1.54, 1.807) is 27.0 Å². The first-order valence-corrected chi connectivity index (χ1v) is 5.45. The number of benzene rings is 1. The Balaban J connectivity index is 3.43. The number of ether oxygens (including phenoxy) is 3. The lowest BCUT2D eigenvalue weighted by Gasteiger charge is -2.19. The number of aliphatic hydroxyl groups excluding tert-OH is 1. The molecule has 5 heteroatoms. The summed E-state index contributed by atoms with van der Waals surface area (Å²) in [5.74, 6) is 0.357. The molecule has 18 heavy (non-hydrogen) atoms. The molecule has 0 amide bonds. The summed E-state index contributed by atoms with van der Waals surface area (Å²) in [5, 5.41) is 9.97. The fraction of sp³-hybridized carbons (Fsp3) is 0.462. The predicted octanol–water partition coefficient (Wildman–Crippen LogP) is 1.53. The summed E-state index contributed by atoms with van der Waals surface area (Å²) in [5.41, 5.74) is 1.83. The van der Waals surface area contributed by atoms with Crippen molar-refractivity contribution in [1.29, 1.82) is 0 Å². The van der Waals surface area contributed by atoms with Gasteiger partial charge in [-0.25, -0.2) is 4.79 Å². The van der Waals surface area contributed by atoms with E-state index in [1.165, 1.54) is 14.2 Å². The SMILES string of the molecule is COC(=O)C(O)c1c(C)cc(OC)c(C)c1OC. The fourth-order valence-corrected chi connectivity index (χ4v) is 1.92. The predicted molar refractivity (Wildman–Crippen MR) is 66.0 cm³/mol. The number of aryl methyl sites for hydroxylation is 1. The average molecular weight is 254 g/mol. The van der Waals surface area contributed by atoms with Gasteiger partial charge in [0.15, 0.2) is 6.10 Å². The van der Waals surface area contributed by atoms with E-state index in [2.05, 4.69) is 4.74 Å². The maximum atomic E-state index is 11.4. The van der Waals surface area contributed by atoms with Crippen LogP contribution in [0.5, 0.6) is 11.5 Å². The molecule has 0 radical (unpaired) electrons. The quantitative estimate of drug-likeness (QED) is 0.825. The third-order valence-corrected chi connectivity index (χ3v) is 2.85. The van der Waals surface area contributed by atoms with Gasteiger partial charge in [0.05, 0.1) is 21.3 Å². The highest BCUT2D eigenvalue weighted by Gasteiger charge is 2.26. The molecule has 0 spiro atoms. The first kappa shape index (κ1) is 14.3. The van der Waals surface area contributed by atoms with Crippen molar-refractivity contribution in [2.45, 2.75) is 20.0 Å². The Morgan fingerprint density at radius 2 is 1.83 bits per heavy atom. The maximum absolute atomic E-state index is 11.4. The van der Waals surface area contributed by atoms with Crippen LogP contribution >= 0.6 is 0 Å². The Morgan fingerprint density at radius 3 is 2.28 bits per heavy atom. The second-order valence-electron chi connectivity index (χ2n) is 3.89. The van der Waals surface area contributed by atoms with Crippen molar-refractivity contribution in [2.24, 2.45) is 0 Å². The summed E-state index contributed by atoms with van der Waals surface area (Å²) in [6, 6.07) is 1.75. The van der Waals surface area contributed by atoms with Gasteiger partial charge in [0, 0.05) is 11.1 Å². The molecule has 0 aliphatic heterocycles. The maximum Gasteiger partial charge on any atom is 0.339 e. The molecule has 0 saturated heterocycles. The van der Waals surface area contributed by atoms with Crippen LogP contribution in [0.2, 0.25) is 0 Å². The highest BCUT2D eigenvalue weighted by Crippen LogP contribution is 2.37. The van der Waals surface area contributed by atoms with Crippen LogP contribution in [0.15, 0.2) is 6.07 Å². The normalized spacial score (nSPS) is 11.9. The Kier molecular flexibility index (Phi) is 4.55. The summed E-state index contributed by atoms with van der Waals surface area (Å²) in [6.07, 6.45) is -1.37. The van der Waals surface area contributed by atoms with Crippen LogP contribution < -0.4 is 9.47 Å². The van der Waals surface area contributed by atoms with E-state index in [0.717, 1.165) is 5.56 Å². The van der Waals surface area contributed by atoms with E-state index < -0.39 is 12.1 Å². The van der Waals surface area contributed by atoms with E-state index in [4.69, 9.17) is 9.47 Å². The molecular formula is C13H18O5. The van der Waals surface area contributed by atoms with Crippen LogP contribution in [0.1, 0.15) is 22.8 Å². The molecule has 5 nitrogen and oxygen atoms in total. The Bertz CT molecular complexity index is 453. The van der Waals surface area contributed by atoms with Crippen molar-refractivity contribution in [2.75, 3.05) is 21.3 Å². The summed E-state index contributed by atoms with van der Waals surface area (Å²) in [7, 11) is 4.26. The monoisotopic (exact) mass is 254 g/mol. The molecule has 0 aromatic heterocycles. The van der Waals surface area contributed by atoms with Crippen molar-refractivity contribution in [3.05, 3.63) is 22.8 Å². The highest BCUT2D eigenvalue weighted by molar-refractivity contribution is 5.78. The Labute approximate surface area is 106 Å². The smallest absolute Gasteiger partial charge is 0.339 e. The van der Waals surface area contributed by atoms with Crippen molar-refractivity contribution < 1.29 is 24.1 Å². The van der Waals surface area contributed by atoms with Gasteiger partial charge in [-0.3, -0.25) is 0 Å². The molecule has 100 valence electrons. The number of aliphatic hydroxyl groups is 1. The number of hydrogen-bond acceptors (Lipinski definition) is 5. The summed E-state index contributed by atoms with van der Waals surface area (Å²) in [6.45, 7) is 3.57. The third-order valence-electron chi connectivity index (χ3n) is 2.85. The van der Waals surface area contributed by atoms with Gasteiger partial charge < -0.3 is 19.3 Å². The molecule has 1 aromatic rings. The lowest BCUT2D eigenvalue weighted by Crippen LogP contribution is -2.16. The molecular weight excluding hydrogens is 236 g/mol. The topological polar surface area (TPSA) is 65.0 Å². The van der Waals surface area contributed by atoms with Crippen molar-refractivity contribution in [3.63, 3.8) is 0 Å². The summed E-state index contributed by atoms with van der Waals surface area (Å²) < 4.78 is 15.0. The zero-order chi connectivity index (χ0) is 13.9. The molecule has 1 atom stereocenters. The standard InChI is InChI=1S/C13H18O5/c1-7-6-9(16-3)8(2)12(17-4)10(7)11(14)13(15)18-5/h6,11,14H,1-5H3. The highest BCUT2D eigenvalue weighted by atomic mass is 16.5. The van der Waals surface area contributed by atoms with Gasteiger partial charge >= 0.3 is 5.97 Å². The van der Waals surface area contributed by atoms with Crippen LogP contribution in [-0.2, 0) is 9.53 Å². The number of rotatable bonds is 4. The molecule has 1 N–H and O–H groups in total. The van der Waals surface area contributed by atoms with Gasteiger partial charge in [0.1, 0.15) is 11.5 Å². The molecule has 0 heterocycles. The number of methoxy groups -OCH3 is 3. The number of carbonyl (C=O) groups excluding carboxylic acids is 1. The lowest BCUT2D eigenvalue weighted by atomic mass is 9.98. The minimum atomic E-state index is -1.37. The van der Waals surface area contributed by atoms with Crippen LogP contribution in [0.25, 0.3) is 0 Å². The van der Waals surface area contributed by atoms with Crippen molar-refractivity contribution in [3.8, 4) is 11.5 Å². The Hall–Kier alpha value is -1.75.